The van der Waals surface area contributed by atoms with Crippen molar-refractivity contribution >= 4 is 17.3 Å². The van der Waals surface area contributed by atoms with Crippen molar-refractivity contribution in [1.82, 2.24) is 0 Å². The van der Waals surface area contributed by atoms with E-state index in [4.69, 9.17) is 10.2 Å². The van der Waals surface area contributed by atoms with E-state index in [1.54, 1.807) is 12.1 Å². The molecule has 106 valence electrons. The van der Waals surface area contributed by atoms with Crippen LogP contribution in [0, 0.1) is 13.8 Å². The largest absolute Gasteiger partial charge is 0.478 e. The molecule has 4 N–H and O–H groups in total. The van der Waals surface area contributed by atoms with Gasteiger partial charge in [-0.15, -0.1) is 0 Å². The van der Waals surface area contributed by atoms with E-state index in [0.29, 0.717) is 11.4 Å². The summed E-state index contributed by atoms with van der Waals surface area (Å²) in [5.74, 6) is 0.631. The van der Waals surface area contributed by atoms with Crippen LogP contribution in [-0.2, 0) is 0 Å². The zero-order valence-corrected chi connectivity index (χ0v) is 11.7. The Balaban J connectivity index is 2.35. The van der Waals surface area contributed by atoms with E-state index in [9.17, 15) is 9.90 Å². The van der Waals surface area contributed by atoms with Crippen molar-refractivity contribution in [2.75, 3.05) is 11.1 Å². The fourth-order valence-electron chi connectivity index (χ4n) is 2.28. The number of para-hydroxylation sites is 1. The molecular formula is C15H18N2O3. The second-order valence-electron chi connectivity index (χ2n) is 4.81. The molecule has 0 spiro atoms. The average Bonchev–Trinajstić information content (AvgIpc) is 2.70. The molecule has 1 unspecified atom stereocenters. The number of aryl methyl sites for hydroxylation is 2. The van der Waals surface area contributed by atoms with E-state index in [-0.39, 0.29) is 11.6 Å². The van der Waals surface area contributed by atoms with E-state index in [0.717, 1.165) is 17.1 Å². The Morgan fingerprint density at radius 1 is 1.40 bits per heavy atom. The van der Waals surface area contributed by atoms with Gasteiger partial charge in [-0.1, -0.05) is 6.07 Å². The van der Waals surface area contributed by atoms with Gasteiger partial charge in [-0.2, -0.15) is 0 Å². The minimum atomic E-state index is -1.01. The normalized spacial score (nSPS) is 12.2. The SMILES string of the molecule is Cc1cc(C(C)Nc2c(N)cccc2C(=O)O)c(C)o1. The third-order valence-electron chi connectivity index (χ3n) is 3.23. The Kier molecular flexibility index (Phi) is 3.70. The van der Waals surface area contributed by atoms with E-state index < -0.39 is 5.97 Å². The van der Waals surface area contributed by atoms with Gasteiger partial charge in [0.15, 0.2) is 0 Å². The Morgan fingerprint density at radius 3 is 2.65 bits per heavy atom. The van der Waals surface area contributed by atoms with Crippen LogP contribution in [-0.4, -0.2) is 11.1 Å². The maximum atomic E-state index is 11.2. The highest BCUT2D eigenvalue weighted by atomic mass is 16.4. The minimum absolute atomic E-state index is 0.102. The number of hydrogen-bond donors (Lipinski definition) is 3. The van der Waals surface area contributed by atoms with Gasteiger partial charge in [0.25, 0.3) is 0 Å². The standard InChI is InChI=1S/C15H18N2O3/c1-8-7-12(10(3)20-8)9(2)17-14-11(15(18)19)5-4-6-13(14)16/h4-7,9,17H,16H2,1-3H3,(H,18,19). The maximum absolute atomic E-state index is 11.2. The van der Waals surface area contributed by atoms with Gasteiger partial charge in [-0.3, -0.25) is 0 Å². The molecule has 1 atom stereocenters. The van der Waals surface area contributed by atoms with E-state index in [1.807, 2.05) is 26.8 Å². The molecule has 0 fully saturated rings. The quantitative estimate of drug-likeness (QED) is 0.744. The van der Waals surface area contributed by atoms with Crippen molar-refractivity contribution < 1.29 is 14.3 Å². The number of benzene rings is 1. The number of nitrogens with one attached hydrogen (secondary N) is 1. The molecule has 0 saturated carbocycles. The summed E-state index contributed by atoms with van der Waals surface area (Å²) in [6.07, 6.45) is 0. The van der Waals surface area contributed by atoms with Crippen molar-refractivity contribution in [3.63, 3.8) is 0 Å². The summed E-state index contributed by atoms with van der Waals surface area (Å²) in [6, 6.07) is 6.67. The average molecular weight is 274 g/mol. The van der Waals surface area contributed by atoms with Crippen LogP contribution in [0.5, 0.6) is 0 Å². The highest BCUT2D eigenvalue weighted by Crippen LogP contribution is 2.30. The van der Waals surface area contributed by atoms with Crippen molar-refractivity contribution in [3.05, 3.63) is 46.9 Å². The number of anilines is 2. The smallest absolute Gasteiger partial charge is 0.337 e. The van der Waals surface area contributed by atoms with Crippen molar-refractivity contribution in [3.8, 4) is 0 Å². The monoisotopic (exact) mass is 274 g/mol. The van der Waals surface area contributed by atoms with Crippen LogP contribution in [0.15, 0.2) is 28.7 Å². The molecule has 0 aliphatic carbocycles. The van der Waals surface area contributed by atoms with Crippen LogP contribution in [0.3, 0.4) is 0 Å². The highest BCUT2D eigenvalue weighted by molar-refractivity contribution is 5.97. The Morgan fingerprint density at radius 2 is 2.10 bits per heavy atom. The van der Waals surface area contributed by atoms with Gasteiger partial charge < -0.3 is 20.6 Å². The molecule has 2 rings (SSSR count). The summed E-state index contributed by atoms with van der Waals surface area (Å²) in [6.45, 7) is 5.70. The summed E-state index contributed by atoms with van der Waals surface area (Å²) in [5, 5.41) is 12.4. The Labute approximate surface area is 117 Å². The lowest BCUT2D eigenvalue weighted by molar-refractivity contribution is 0.0698. The predicted octanol–water partition coefficient (Wildman–Crippen LogP) is 3.35. The number of nitrogen functional groups attached to an aromatic ring is 1. The molecule has 1 heterocycles. The molecule has 0 radical (unpaired) electrons. The lowest BCUT2D eigenvalue weighted by Gasteiger charge is -2.18. The number of hydrogen-bond acceptors (Lipinski definition) is 4. The molecule has 0 bridgehead atoms. The lowest BCUT2D eigenvalue weighted by atomic mass is 10.1. The van der Waals surface area contributed by atoms with Gasteiger partial charge in [0, 0.05) is 5.56 Å². The molecular weight excluding hydrogens is 256 g/mol. The second kappa shape index (κ2) is 5.28. The van der Waals surface area contributed by atoms with Crippen LogP contribution >= 0.6 is 0 Å². The molecule has 1 aromatic heterocycles. The third kappa shape index (κ3) is 2.61. The summed E-state index contributed by atoms with van der Waals surface area (Å²) in [7, 11) is 0. The van der Waals surface area contributed by atoms with Crippen molar-refractivity contribution in [2.45, 2.75) is 26.8 Å². The van der Waals surface area contributed by atoms with Crippen LogP contribution in [0.25, 0.3) is 0 Å². The first-order valence-electron chi connectivity index (χ1n) is 6.35. The van der Waals surface area contributed by atoms with Crippen LogP contribution < -0.4 is 11.1 Å². The van der Waals surface area contributed by atoms with E-state index >= 15 is 0 Å². The zero-order valence-electron chi connectivity index (χ0n) is 11.7. The molecule has 0 saturated heterocycles. The number of rotatable bonds is 4. The van der Waals surface area contributed by atoms with E-state index in [1.165, 1.54) is 6.07 Å². The number of carboxylic acid groups (broad SMARTS) is 1. The first-order chi connectivity index (χ1) is 9.40. The lowest BCUT2D eigenvalue weighted by Crippen LogP contribution is -2.12. The molecule has 1 aromatic carbocycles. The van der Waals surface area contributed by atoms with Crippen LogP contribution in [0.1, 0.15) is 40.4 Å². The minimum Gasteiger partial charge on any atom is -0.478 e. The first kappa shape index (κ1) is 14.0. The van der Waals surface area contributed by atoms with Crippen LogP contribution in [0.2, 0.25) is 0 Å². The van der Waals surface area contributed by atoms with Gasteiger partial charge in [-0.05, 0) is 39.0 Å². The van der Waals surface area contributed by atoms with Crippen molar-refractivity contribution in [1.29, 1.82) is 0 Å². The number of carbonyl (C=O) groups is 1. The van der Waals surface area contributed by atoms with Gasteiger partial charge >= 0.3 is 5.97 Å². The molecule has 2 aromatic rings. The molecule has 0 aliphatic heterocycles. The highest BCUT2D eigenvalue weighted by Gasteiger charge is 2.18. The van der Waals surface area contributed by atoms with Gasteiger partial charge in [0.1, 0.15) is 11.5 Å². The molecule has 5 heteroatoms. The second-order valence-corrected chi connectivity index (χ2v) is 4.81. The molecule has 0 amide bonds. The predicted molar refractivity (Wildman–Crippen MR) is 78.0 cm³/mol. The fraction of sp³-hybridized carbons (Fsp3) is 0.267. The number of carboxylic acids is 1. The number of nitrogens with two attached hydrogens (primary N) is 1. The Hall–Kier alpha value is -2.43. The van der Waals surface area contributed by atoms with Gasteiger partial charge in [0.2, 0.25) is 0 Å². The topological polar surface area (TPSA) is 88.5 Å². The van der Waals surface area contributed by atoms with E-state index in [2.05, 4.69) is 5.32 Å². The molecule has 5 nitrogen and oxygen atoms in total. The zero-order chi connectivity index (χ0) is 14.9. The summed E-state index contributed by atoms with van der Waals surface area (Å²) in [5.41, 5.74) is 7.88. The summed E-state index contributed by atoms with van der Waals surface area (Å²) >= 11 is 0. The number of furan rings is 1. The summed E-state index contributed by atoms with van der Waals surface area (Å²) in [4.78, 5) is 11.2. The maximum Gasteiger partial charge on any atom is 0.337 e. The molecule has 20 heavy (non-hydrogen) atoms. The molecule has 0 aliphatic rings. The Bertz CT molecular complexity index is 647. The first-order valence-corrected chi connectivity index (χ1v) is 6.35. The van der Waals surface area contributed by atoms with Gasteiger partial charge in [0.05, 0.1) is 23.0 Å². The fourth-order valence-corrected chi connectivity index (χ4v) is 2.28. The van der Waals surface area contributed by atoms with Gasteiger partial charge in [-0.25, -0.2) is 4.79 Å². The summed E-state index contributed by atoms with van der Waals surface area (Å²) < 4.78 is 5.49. The number of aromatic carboxylic acids is 1. The van der Waals surface area contributed by atoms with Crippen LogP contribution in [0.4, 0.5) is 11.4 Å². The third-order valence-corrected chi connectivity index (χ3v) is 3.23. The van der Waals surface area contributed by atoms with Crippen molar-refractivity contribution in [2.24, 2.45) is 0 Å².